The molecular formula is C14H17N3O. The molecule has 0 saturated heterocycles. The monoisotopic (exact) mass is 243 g/mol. The molecule has 1 aromatic carbocycles. The Morgan fingerprint density at radius 3 is 2.78 bits per heavy atom. The van der Waals surface area contributed by atoms with Crippen molar-refractivity contribution in [2.75, 3.05) is 11.9 Å². The largest absolute Gasteiger partial charge is 0.385 e. The summed E-state index contributed by atoms with van der Waals surface area (Å²) in [6.07, 6.45) is 2.50. The second-order valence-corrected chi connectivity index (χ2v) is 4.21. The third kappa shape index (κ3) is 3.45. The standard InChI is InChI=1S/C14H17N3O/c1-12-10-14(18)17(11-16-12)9-5-8-15-13-6-3-2-4-7-13/h2-4,6-7,10-11,15H,5,8-9H2,1H3. The molecule has 0 spiro atoms. The predicted molar refractivity (Wildman–Crippen MR) is 72.8 cm³/mol. The van der Waals surface area contributed by atoms with E-state index in [1.54, 1.807) is 17.0 Å². The van der Waals surface area contributed by atoms with Gasteiger partial charge in [0.15, 0.2) is 0 Å². The van der Waals surface area contributed by atoms with Gasteiger partial charge in [-0.1, -0.05) is 18.2 Å². The molecule has 0 aliphatic carbocycles. The van der Waals surface area contributed by atoms with Gasteiger partial charge >= 0.3 is 0 Å². The van der Waals surface area contributed by atoms with Crippen LogP contribution in [0.25, 0.3) is 0 Å². The van der Waals surface area contributed by atoms with Crippen molar-refractivity contribution in [1.29, 1.82) is 0 Å². The van der Waals surface area contributed by atoms with Gasteiger partial charge in [0.2, 0.25) is 0 Å². The van der Waals surface area contributed by atoms with Crippen LogP contribution in [-0.2, 0) is 6.54 Å². The van der Waals surface area contributed by atoms with Crippen LogP contribution >= 0.6 is 0 Å². The quantitative estimate of drug-likeness (QED) is 0.818. The van der Waals surface area contributed by atoms with Crippen LogP contribution in [0.1, 0.15) is 12.1 Å². The first-order valence-corrected chi connectivity index (χ1v) is 6.08. The lowest BCUT2D eigenvalue weighted by molar-refractivity contribution is 0.624. The Labute approximate surface area is 106 Å². The van der Waals surface area contributed by atoms with Gasteiger partial charge in [0.05, 0.1) is 6.33 Å². The molecule has 0 unspecified atom stereocenters. The Bertz CT molecular complexity index is 548. The highest BCUT2D eigenvalue weighted by atomic mass is 16.1. The van der Waals surface area contributed by atoms with Crippen LogP contribution in [0.15, 0.2) is 47.5 Å². The lowest BCUT2D eigenvalue weighted by atomic mass is 10.3. The molecule has 4 heteroatoms. The Balaban J connectivity index is 1.80. The van der Waals surface area contributed by atoms with Gasteiger partial charge in [0.25, 0.3) is 5.56 Å². The van der Waals surface area contributed by atoms with Crippen molar-refractivity contribution < 1.29 is 0 Å². The number of benzene rings is 1. The maximum absolute atomic E-state index is 11.6. The molecule has 0 amide bonds. The number of hydrogen-bond acceptors (Lipinski definition) is 3. The van der Waals surface area contributed by atoms with Gasteiger partial charge in [0.1, 0.15) is 0 Å². The van der Waals surface area contributed by atoms with Crippen LogP contribution in [0, 0.1) is 6.92 Å². The van der Waals surface area contributed by atoms with Crippen molar-refractivity contribution in [3.63, 3.8) is 0 Å². The van der Waals surface area contributed by atoms with Gasteiger partial charge < -0.3 is 5.32 Å². The van der Waals surface area contributed by atoms with Crippen molar-refractivity contribution >= 4 is 5.69 Å². The molecule has 18 heavy (non-hydrogen) atoms. The van der Waals surface area contributed by atoms with Gasteiger partial charge in [-0.15, -0.1) is 0 Å². The first-order chi connectivity index (χ1) is 8.75. The highest BCUT2D eigenvalue weighted by Crippen LogP contribution is 2.04. The zero-order valence-corrected chi connectivity index (χ0v) is 10.5. The number of anilines is 1. The van der Waals surface area contributed by atoms with Crippen LogP contribution in [0.5, 0.6) is 0 Å². The normalized spacial score (nSPS) is 10.3. The summed E-state index contributed by atoms with van der Waals surface area (Å²) >= 11 is 0. The highest BCUT2D eigenvalue weighted by molar-refractivity contribution is 5.42. The number of rotatable bonds is 5. The summed E-state index contributed by atoms with van der Waals surface area (Å²) in [5.74, 6) is 0. The molecule has 0 aliphatic heterocycles. The fraction of sp³-hybridized carbons (Fsp3) is 0.286. The van der Waals surface area contributed by atoms with E-state index >= 15 is 0 Å². The average Bonchev–Trinajstić information content (AvgIpc) is 2.38. The molecule has 0 radical (unpaired) electrons. The molecule has 1 heterocycles. The Morgan fingerprint density at radius 1 is 1.28 bits per heavy atom. The second-order valence-electron chi connectivity index (χ2n) is 4.21. The summed E-state index contributed by atoms with van der Waals surface area (Å²) < 4.78 is 1.64. The van der Waals surface area contributed by atoms with E-state index in [1.165, 1.54) is 0 Å². The smallest absolute Gasteiger partial charge is 0.253 e. The maximum Gasteiger partial charge on any atom is 0.253 e. The zero-order valence-electron chi connectivity index (χ0n) is 10.5. The molecule has 1 aromatic heterocycles. The van der Waals surface area contributed by atoms with Crippen LogP contribution in [0.4, 0.5) is 5.69 Å². The Morgan fingerprint density at radius 2 is 2.06 bits per heavy atom. The molecule has 2 aromatic rings. The lowest BCUT2D eigenvalue weighted by Crippen LogP contribution is -2.21. The maximum atomic E-state index is 11.6. The van der Waals surface area contributed by atoms with Gasteiger partial charge in [-0.3, -0.25) is 9.36 Å². The third-order valence-electron chi connectivity index (χ3n) is 2.69. The Kier molecular flexibility index (Phi) is 4.12. The van der Waals surface area contributed by atoms with Gasteiger partial charge in [0, 0.05) is 30.5 Å². The third-order valence-corrected chi connectivity index (χ3v) is 2.69. The van der Waals surface area contributed by atoms with Crippen LogP contribution < -0.4 is 10.9 Å². The molecule has 0 saturated carbocycles. The molecular weight excluding hydrogens is 226 g/mol. The molecule has 0 aliphatic rings. The minimum atomic E-state index is 0.0159. The van der Waals surface area contributed by atoms with Gasteiger partial charge in [-0.05, 0) is 25.5 Å². The predicted octanol–water partition coefficient (Wildman–Crippen LogP) is 2.05. The topological polar surface area (TPSA) is 46.9 Å². The van der Waals surface area contributed by atoms with Crippen molar-refractivity contribution in [1.82, 2.24) is 9.55 Å². The first kappa shape index (κ1) is 12.4. The zero-order chi connectivity index (χ0) is 12.8. The summed E-state index contributed by atoms with van der Waals surface area (Å²) in [7, 11) is 0. The molecule has 2 rings (SSSR count). The number of para-hydroxylation sites is 1. The molecule has 0 atom stereocenters. The fourth-order valence-corrected chi connectivity index (χ4v) is 1.72. The van der Waals surface area contributed by atoms with Gasteiger partial charge in [-0.2, -0.15) is 0 Å². The summed E-state index contributed by atoms with van der Waals surface area (Å²) in [5.41, 5.74) is 1.88. The molecule has 0 fully saturated rings. The summed E-state index contributed by atoms with van der Waals surface area (Å²) in [6, 6.07) is 11.6. The molecule has 94 valence electrons. The molecule has 0 bridgehead atoms. The first-order valence-electron chi connectivity index (χ1n) is 6.08. The van der Waals surface area contributed by atoms with Crippen LogP contribution in [0.3, 0.4) is 0 Å². The van der Waals surface area contributed by atoms with Crippen molar-refractivity contribution in [2.45, 2.75) is 19.9 Å². The lowest BCUT2D eigenvalue weighted by Gasteiger charge is -2.07. The van der Waals surface area contributed by atoms with Crippen LogP contribution in [-0.4, -0.2) is 16.1 Å². The van der Waals surface area contributed by atoms with E-state index in [4.69, 9.17) is 0 Å². The number of nitrogens with zero attached hydrogens (tertiary/aromatic N) is 2. The van der Waals surface area contributed by atoms with Gasteiger partial charge in [-0.25, -0.2) is 4.98 Å². The van der Waals surface area contributed by atoms with Crippen LogP contribution in [0.2, 0.25) is 0 Å². The fourth-order valence-electron chi connectivity index (χ4n) is 1.72. The molecule has 1 N–H and O–H groups in total. The van der Waals surface area contributed by atoms with E-state index in [-0.39, 0.29) is 5.56 Å². The summed E-state index contributed by atoms with van der Waals surface area (Å²) in [4.78, 5) is 15.7. The minimum absolute atomic E-state index is 0.0159. The van der Waals surface area contributed by atoms with E-state index in [1.807, 2.05) is 37.3 Å². The summed E-state index contributed by atoms with van der Waals surface area (Å²) in [6.45, 7) is 3.35. The van der Waals surface area contributed by atoms with Crippen molar-refractivity contribution in [2.24, 2.45) is 0 Å². The molecule has 4 nitrogen and oxygen atoms in total. The number of aryl methyl sites for hydroxylation is 2. The van der Waals surface area contributed by atoms with E-state index < -0.39 is 0 Å². The minimum Gasteiger partial charge on any atom is -0.385 e. The van der Waals surface area contributed by atoms with Crippen molar-refractivity contribution in [3.05, 3.63) is 58.8 Å². The van der Waals surface area contributed by atoms with E-state index in [0.717, 1.165) is 24.3 Å². The number of nitrogens with one attached hydrogen (secondary N) is 1. The number of hydrogen-bond donors (Lipinski definition) is 1. The summed E-state index contributed by atoms with van der Waals surface area (Å²) in [5, 5.41) is 3.31. The Hall–Kier alpha value is -2.10. The average molecular weight is 243 g/mol. The SMILES string of the molecule is Cc1cc(=O)n(CCCNc2ccccc2)cn1. The highest BCUT2D eigenvalue weighted by Gasteiger charge is 1.97. The number of aromatic nitrogens is 2. The second kappa shape index (κ2) is 6.00. The van der Waals surface area contributed by atoms with E-state index in [9.17, 15) is 4.79 Å². The van der Waals surface area contributed by atoms with E-state index in [2.05, 4.69) is 10.3 Å². The van der Waals surface area contributed by atoms with E-state index in [0.29, 0.717) is 6.54 Å². The van der Waals surface area contributed by atoms with Crippen molar-refractivity contribution in [3.8, 4) is 0 Å².